The lowest BCUT2D eigenvalue weighted by atomic mass is 10.2. The van der Waals surface area contributed by atoms with Crippen molar-refractivity contribution in [2.45, 2.75) is 6.92 Å². The molecule has 1 heterocycles. The van der Waals surface area contributed by atoms with Crippen molar-refractivity contribution in [1.29, 1.82) is 0 Å². The Morgan fingerprint density at radius 2 is 2.25 bits per heavy atom. The first-order valence-corrected chi connectivity index (χ1v) is 4.05. The third-order valence-electron chi connectivity index (χ3n) is 1.02. The summed E-state index contributed by atoms with van der Waals surface area (Å²) in [5, 5.41) is 0. The molecule has 1 unspecified atom stereocenters. The van der Waals surface area contributed by atoms with E-state index in [1.165, 1.54) is 0 Å². The van der Waals surface area contributed by atoms with Crippen molar-refractivity contribution in [2.24, 2.45) is 5.92 Å². The molecular weight excluding hydrogens is 128 g/mol. The van der Waals surface area contributed by atoms with Crippen LogP contribution in [0.5, 0.6) is 0 Å². The van der Waals surface area contributed by atoms with E-state index in [0.717, 1.165) is 0 Å². The number of hydrogen-bond acceptors (Lipinski definition) is 3. The van der Waals surface area contributed by atoms with Gasteiger partial charge in [-0.05, 0) is 5.92 Å². The molecule has 0 spiro atoms. The van der Waals surface area contributed by atoms with Crippen LogP contribution in [0.15, 0.2) is 0 Å². The fourth-order valence-electron chi connectivity index (χ4n) is 0.665. The summed E-state index contributed by atoms with van der Waals surface area (Å²) in [6.07, 6.45) is 0. The molecular formula is C4H8O3S. The molecule has 0 aromatic carbocycles. The zero-order valence-electron chi connectivity index (χ0n) is 4.62. The Morgan fingerprint density at radius 3 is 2.38 bits per heavy atom. The highest BCUT2D eigenvalue weighted by Crippen LogP contribution is 2.12. The Balaban J connectivity index is 2.71. The molecule has 0 radical (unpaired) electrons. The predicted octanol–water partition coefficient (Wildman–Crippen LogP) is -0.0175. The first-order chi connectivity index (χ1) is 3.60. The van der Waals surface area contributed by atoms with Crippen LogP contribution in [0.1, 0.15) is 6.92 Å². The van der Waals surface area contributed by atoms with Crippen LogP contribution in [0.4, 0.5) is 0 Å². The van der Waals surface area contributed by atoms with Gasteiger partial charge in [-0.15, -0.1) is 0 Å². The van der Waals surface area contributed by atoms with E-state index >= 15 is 0 Å². The standard InChI is InChI=1S/C4H8O3S/c1-4-2-7-8(5,6)3-4/h4H,2-3H2,1H3. The molecule has 48 valence electrons. The Morgan fingerprint density at radius 1 is 1.62 bits per heavy atom. The van der Waals surface area contributed by atoms with Gasteiger partial charge >= 0.3 is 0 Å². The van der Waals surface area contributed by atoms with Crippen LogP contribution in [0.25, 0.3) is 0 Å². The number of rotatable bonds is 0. The molecule has 0 aromatic heterocycles. The van der Waals surface area contributed by atoms with Crippen LogP contribution in [-0.4, -0.2) is 20.8 Å². The van der Waals surface area contributed by atoms with Crippen molar-refractivity contribution >= 4 is 10.1 Å². The van der Waals surface area contributed by atoms with Gasteiger partial charge in [-0.3, -0.25) is 4.18 Å². The molecule has 1 aliphatic heterocycles. The van der Waals surface area contributed by atoms with Crippen LogP contribution in [0, 0.1) is 5.92 Å². The van der Waals surface area contributed by atoms with Crippen molar-refractivity contribution in [3.63, 3.8) is 0 Å². The summed E-state index contributed by atoms with van der Waals surface area (Å²) in [6, 6.07) is 0. The molecule has 8 heavy (non-hydrogen) atoms. The summed E-state index contributed by atoms with van der Waals surface area (Å²) in [5.41, 5.74) is 0. The van der Waals surface area contributed by atoms with Crippen LogP contribution in [-0.2, 0) is 14.3 Å². The van der Waals surface area contributed by atoms with Gasteiger partial charge in [0.15, 0.2) is 0 Å². The smallest absolute Gasteiger partial charge is 0.267 e. The normalized spacial score (nSPS) is 35.4. The molecule has 0 amide bonds. The lowest BCUT2D eigenvalue weighted by Crippen LogP contribution is -2.00. The SMILES string of the molecule is CC1COS(=O)(=O)C1. The zero-order chi connectivity index (χ0) is 6.20. The number of hydrogen-bond donors (Lipinski definition) is 0. The minimum atomic E-state index is -3.10. The molecule has 0 aliphatic carbocycles. The maximum atomic E-state index is 10.4. The quantitative estimate of drug-likeness (QED) is 0.440. The Kier molecular flexibility index (Phi) is 1.28. The molecule has 0 N–H and O–H groups in total. The summed E-state index contributed by atoms with van der Waals surface area (Å²) >= 11 is 0. The highest BCUT2D eigenvalue weighted by molar-refractivity contribution is 7.86. The first kappa shape index (κ1) is 6.04. The molecule has 0 saturated carbocycles. The van der Waals surface area contributed by atoms with Gasteiger partial charge in [-0.1, -0.05) is 6.92 Å². The molecule has 0 aromatic rings. The topological polar surface area (TPSA) is 43.4 Å². The van der Waals surface area contributed by atoms with E-state index < -0.39 is 10.1 Å². The van der Waals surface area contributed by atoms with E-state index in [4.69, 9.17) is 0 Å². The summed E-state index contributed by atoms with van der Waals surface area (Å²) in [7, 11) is -3.10. The monoisotopic (exact) mass is 136 g/mol. The van der Waals surface area contributed by atoms with Crippen molar-refractivity contribution in [2.75, 3.05) is 12.4 Å². The van der Waals surface area contributed by atoms with E-state index in [-0.39, 0.29) is 11.7 Å². The minimum absolute atomic E-state index is 0.181. The Hall–Kier alpha value is -0.0900. The average Bonchev–Trinajstić information content (AvgIpc) is 1.82. The third-order valence-corrected chi connectivity index (χ3v) is 2.49. The van der Waals surface area contributed by atoms with E-state index in [1.807, 2.05) is 6.92 Å². The molecule has 1 aliphatic rings. The van der Waals surface area contributed by atoms with Gasteiger partial charge in [-0.25, -0.2) is 0 Å². The van der Waals surface area contributed by atoms with Crippen molar-refractivity contribution in [1.82, 2.24) is 0 Å². The molecule has 4 heteroatoms. The fourth-order valence-corrected chi connectivity index (χ4v) is 1.99. The second kappa shape index (κ2) is 1.70. The molecule has 1 atom stereocenters. The highest BCUT2D eigenvalue weighted by atomic mass is 32.2. The second-order valence-electron chi connectivity index (χ2n) is 2.11. The van der Waals surface area contributed by atoms with Gasteiger partial charge in [0.1, 0.15) is 0 Å². The summed E-state index contributed by atoms with van der Waals surface area (Å²) in [5.74, 6) is 0.368. The maximum Gasteiger partial charge on any atom is 0.267 e. The van der Waals surface area contributed by atoms with Crippen molar-refractivity contribution in [3.05, 3.63) is 0 Å². The van der Waals surface area contributed by atoms with Gasteiger partial charge in [0.25, 0.3) is 10.1 Å². The van der Waals surface area contributed by atoms with E-state index in [1.54, 1.807) is 0 Å². The van der Waals surface area contributed by atoms with Gasteiger partial charge < -0.3 is 0 Å². The minimum Gasteiger partial charge on any atom is -0.270 e. The molecule has 0 bridgehead atoms. The van der Waals surface area contributed by atoms with Crippen molar-refractivity contribution < 1.29 is 12.6 Å². The molecule has 1 fully saturated rings. The van der Waals surface area contributed by atoms with E-state index in [2.05, 4.69) is 4.18 Å². The fraction of sp³-hybridized carbons (Fsp3) is 1.00. The van der Waals surface area contributed by atoms with Crippen LogP contribution < -0.4 is 0 Å². The third kappa shape index (κ3) is 1.20. The Bertz CT molecular complexity index is 170. The molecule has 1 rings (SSSR count). The summed E-state index contributed by atoms with van der Waals surface area (Å²) < 4.78 is 25.3. The van der Waals surface area contributed by atoms with Gasteiger partial charge in [0.05, 0.1) is 12.4 Å². The van der Waals surface area contributed by atoms with Crippen LogP contribution in [0.3, 0.4) is 0 Å². The lowest BCUT2D eigenvalue weighted by molar-refractivity contribution is 0.322. The van der Waals surface area contributed by atoms with Gasteiger partial charge in [0, 0.05) is 0 Å². The largest absolute Gasteiger partial charge is 0.270 e. The molecule has 1 saturated heterocycles. The second-order valence-corrected chi connectivity index (χ2v) is 3.80. The van der Waals surface area contributed by atoms with Crippen LogP contribution in [0.2, 0.25) is 0 Å². The molecule has 3 nitrogen and oxygen atoms in total. The van der Waals surface area contributed by atoms with E-state index in [0.29, 0.717) is 6.61 Å². The Labute approximate surface area is 48.8 Å². The van der Waals surface area contributed by atoms with Crippen LogP contribution >= 0.6 is 0 Å². The highest BCUT2D eigenvalue weighted by Gasteiger charge is 2.24. The summed E-state index contributed by atoms with van der Waals surface area (Å²) in [6.45, 7) is 2.22. The lowest BCUT2D eigenvalue weighted by Gasteiger charge is -1.86. The maximum absolute atomic E-state index is 10.4. The first-order valence-electron chi connectivity index (χ1n) is 2.47. The van der Waals surface area contributed by atoms with Crippen molar-refractivity contribution in [3.8, 4) is 0 Å². The summed E-state index contributed by atoms with van der Waals surface area (Å²) in [4.78, 5) is 0. The predicted molar refractivity (Wildman–Crippen MR) is 28.9 cm³/mol. The van der Waals surface area contributed by atoms with Gasteiger partial charge in [0.2, 0.25) is 0 Å². The van der Waals surface area contributed by atoms with Gasteiger partial charge in [-0.2, -0.15) is 8.42 Å². The van der Waals surface area contributed by atoms with E-state index in [9.17, 15) is 8.42 Å². The zero-order valence-corrected chi connectivity index (χ0v) is 5.44. The average molecular weight is 136 g/mol.